The van der Waals surface area contributed by atoms with E-state index in [4.69, 9.17) is 9.66 Å². The summed E-state index contributed by atoms with van der Waals surface area (Å²) in [4.78, 5) is 0. The Labute approximate surface area is 84.2 Å². The van der Waals surface area contributed by atoms with Crippen molar-refractivity contribution in [2.24, 2.45) is 0 Å². The third-order valence-electron chi connectivity index (χ3n) is 1.74. The predicted octanol–water partition coefficient (Wildman–Crippen LogP) is 1.85. The van der Waals surface area contributed by atoms with Crippen LogP contribution in [0.25, 0.3) is 10.1 Å². The lowest BCUT2D eigenvalue weighted by Gasteiger charge is -1.89. The number of hydrogen-bond acceptors (Lipinski definition) is 4. The highest BCUT2D eigenvalue weighted by molar-refractivity contribution is 7.88. The summed E-state index contributed by atoms with van der Waals surface area (Å²) >= 11 is 0.920. The Morgan fingerprint density at radius 1 is 1.21 bits per heavy atom. The minimum absolute atomic E-state index is 0.0706. The molecular weight excluding hydrogens is 224 g/mol. The topological polar surface area (TPSA) is 74.6 Å². The Morgan fingerprint density at radius 2 is 1.93 bits per heavy atom. The SMILES string of the molecule is O=S(=O)(O)c1cc2ccc(O)cc2s1. The van der Waals surface area contributed by atoms with E-state index in [1.165, 1.54) is 18.2 Å². The van der Waals surface area contributed by atoms with Crippen molar-refractivity contribution in [1.29, 1.82) is 0 Å². The molecule has 4 nitrogen and oxygen atoms in total. The van der Waals surface area contributed by atoms with E-state index in [0.29, 0.717) is 10.1 Å². The van der Waals surface area contributed by atoms with Gasteiger partial charge in [0.05, 0.1) is 0 Å². The van der Waals surface area contributed by atoms with Crippen LogP contribution in [0.1, 0.15) is 0 Å². The molecule has 14 heavy (non-hydrogen) atoms. The van der Waals surface area contributed by atoms with E-state index in [1.807, 2.05) is 0 Å². The van der Waals surface area contributed by atoms with Crippen LogP contribution in [-0.4, -0.2) is 18.1 Å². The lowest BCUT2D eigenvalue weighted by Crippen LogP contribution is -1.92. The van der Waals surface area contributed by atoms with E-state index in [-0.39, 0.29) is 9.96 Å². The molecule has 0 spiro atoms. The summed E-state index contributed by atoms with van der Waals surface area (Å²) in [6, 6.07) is 5.88. The van der Waals surface area contributed by atoms with Crippen LogP contribution >= 0.6 is 11.3 Å². The lowest BCUT2D eigenvalue weighted by molar-refractivity contribution is 0.476. The number of aromatic hydroxyl groups is 1. The summed E-state index contributed by atoms with van der Waals surface area (Å²) in [5.74, 6) is 0.0706. The average molecular weight is 230 g/mol. The maximum absolute atomic E-state index is 10.8. The smallest absolute Gasteiger partial charge is 0.304 e. The summed E-state index contributed by atoms with van der Waals surface area (Å²) in [5.41, 5.74) is 0. The Bertz CT molecular complexity index is 582. The summed E-state index contributed by atoms with van der Waals surface area (Å²) in [6.45, 7) is 0. The highest BCUT2D eigenvalue weighted by Crippen LogP contribution is 2.30. The number of benzene rings is 1. The first-order chi connectivity index (χ1) is 6.47. The van der Waals surface area contributed by atoms with Crippen LogP contribution in [0, 0.1) is 0 Å². The Balaban J connectivity index is 2.75. The molecule has 2 rings (SSSR count). The maximum atomic E-state index is 10.8. The fourth-order valence-corrected chi connectivity index (χ4v) is 2.92. The maximum Gasteiger partial charge on any atom is 0.304 e. The summed E-state index contributed by atoms with van der Waals surface area (Å²) < 4.78 is 30.9. The van der Waals surface area contributed by atoms with Crippen molar-refractivity contribution in [3.05, 3.63) is 24.3 Å². The molecule has 0 atom stereocenters. The van der Waals surface area contributed by atoms with E-state index in [0.717, 1.165) is 11.3 Å². The van der Waals surface area contributed by atoms with E-state index < -0.39 is 10.1 Å². The van der Waals surface area contributed by atoms with Gasteiger partial charge in [0.15, 0.2) is 0 Å². The molecule has 2 aromatic rings. The van der Waals surface area contributed by atoms with Gasteiger partial charge in [0.1, 0.15) is 9.96 Å². The van der Waals surface area contributed by atoms with Gasteiger partial charge in [-0.05, 0) is 29.7 Å². The van der Waals surface area contributed by atoms with E-state index in [1.54, 1.807) is 6.07 Å². The van der Waals surface area contributed by atoms with Gasteiger partial charge in [-0.25, -0.2) is 0 Å². The van der Waals surface area contributed by atoms with Crippen LogP contribution in [-0.2, 0) is 10.1 Å². The second-order valence-electron chi connectivity index (χ2n) is 2.76. The molecule has 0 aliphatic rings. The highest BCUT2D eigenvalue weighted by Gasteiger charge is 2.13. The van der Waals surface area contributed by atoms with Crippen LogP contribution in [0.5, 0.6) is 5.75 Å². The molecule has 0 unspecified atom stereocenters. The molecule has 2 N–H and O–H groups in total. The fourth-order valence-electron chi connectivity index (χ4n) is 1.12. The zero-order valence-electron chi connectivity index (χ0n) is 6.84. The number of rotatable bonds is 1. The Hall–Kier alpha value is -1.11. The van der Waals surface area contributed by atoms with E-state index >= 15 is 0 Å². The predicted molar refractivity (Wildman–Crippen MR) is 53.3 cm³/mol. The van der Waals surface area contributed by atoms with Gasteiger partial charge in [-0.15, -0.1) is 11.3 Å². The quantitative estimate of drug-likeness (QED) is 0.733. The van der Waals surface area contributed by atoms with E-state index in [2.05, 4.69) is 0 Å². The van der Waals surface area contributed by atoms with Gasteiger partial charge in [-0.2, -0.15) is 8.42 Å². The summed E-state index contributed by atoms with van der Waals surface area (Å²) in [6.07, 6.45) is 0. The van der Waals surface area contributed by atoms with Crippen molar-refractivity contribution in [2.45, 2.75) is 4.21 Å². The molecule has 0 aliphatic carbocycles. The van der Waals surface area contributed by atoms with Crippen LogP contribution in [0.2, 0.25) is 0 Å². The third-order valence-corrected chi connectivity index (χ3v) is 4.14. The lowest BCUT2D eigenvalue weighted by atomic mass is 10.2. The highest BCUT2D eigenvalue weighted by atomic mass is 32.3. The third kappa shape index (κ3) is 1.59. The number of hydrogen-bond donors (Lipinski definition) is 2. The van der Waals surface area contributed by atoms with Crippen molar-refractivity contribution < 1.29 is 18.1 Å². The van der Waals surface area contributed by atoms with Crippen LogP contribution in [0.15, 0.2) is 28.5 Å². The first-order valence-electron chi connectivity index (χ1n) is 3.67. The summed E-state index contributed by atoms with van der Waals surface area (Å²) in [7, 11) is -4.14. The van der Waals surface area contributed by atoms with Gasteiger partial charge in [0, 0.05) is 4.70 Å². The molecule has 0 saturated carbocycles. The second kappa shape index (κ2) is 2.94. The molecule has 1 aromatic heterocycles. The molecule has 1 aromatic carbocycles. The number of fused-ring (bicyclic) bond motifs is 1. The van der Waals surface area contributed by atoms with Crippen molar-refractivity contribution in [3.8, 4) is 5.75 Å². The standard InChI is InChI=1S/C8H6O4S2/c9-6-2-1-5-3-8(14(10,11)12)13-7(5)4-6/h1-4,9H,(H,10,11,12). The molecule has 6 heteroatoms. The molecule has 0 amide bonds. The first kappa shape index (κ1) is 9.45. The minimum atomic E-state index is -4.14. The van der Waals surface area contributed by atoms with Gasteiger partial charge in [-0.3, -0.25) is 4.55 Å². The second-order valence-corrected chi connectivity index (χ2v) is 5.49. The van der Waals surface area contributed by atoms with Crippen molar-refractivity contribution in [2.75, 3.05) is 0 Å². The van der Waals surface area contributed by atoms with Gasteiger partial charge in [-0.1, -0.05) is 0 Å². The fraction of sp³-hybridized carbons (Fsp3) is 0. The summed E-state index contributed by atoms with van der Waals surface area (Å²) in [5, 5.41) is 9.82. The van der Waals surface area contributed by atoms with Gasteiger partial charge < -0.3 is 5.11 Å². The number of phenolic OH excluding ortho intramolecular Hbond substituents is 1. The van der Waals surface area contributed by atoms with Gasteiger partial charge in [0.25, 0.3) is 0 Å². The average Bonchev–Trinajstić information content (AvgIpc) is 2.45. The zero-order chi connectivity index (χ0) is 10.3. The molecule has 0 saturated heterocycles. The molecule has 0 radical (unpaired) electrons. The van der Waals surface area contributed by atoms with Crippen molar-refractivity contribution >= 4 is 31.5 Å². The minimum Gasteiger partial charge on any atom is -0.508 e. The van der Waals surface area contributed by atoms with Crippen LogP contribution in [0.4, 0.5) is 0 Å². The zero-order valence-corrected chi connectivity index (χ0v) is 8.47. The molecule has 0 bridgehead atoms. The van der Waals surface area contributed by atoms with Gasteiger partial charge in [0.2, 0.25) is 0 Å². The Morgan fingerprint density at radius 3 is 2.57 bits per heavy atom. The monoisotopic (exact) mass is 230 g/mol. The molecular formula is C8H6O4S2. The molecule has 0 aliphatic heterocycles. The van der Waals surface area contributed by atoms with Crippen molar-refractivity contribution in [3.63, 3.8) is 0 Å². The number of phenols is 1. The molecule has 0 fully saturated rings. The largest absolute Gasteiger partial charge is 0.508 e. The normalized spacial score (nSPS) is 12.1. The molecule has 1 heterocycles. The van der Waals surface area contributed by atoms with Gasteiger partial charge >= 0.3 is 10.1 Å². The van der Waals surface area contributed by atoms with E-state index in [9.17, 15) is 8.42 Å². The number of thiophene rings is 1. The first-order valence-corrected chi connectivity index (χ1v) is 5.92. The van der Waals surface area contributed by atoms with Crippen LogP contribution in [0.3, 0.4) is 0 Å². The molecule has 74 valence electrons. The Kier molecular flexibility index (Phi) is 1.99. The van der Waals surface area contributed by atoms with Crippen LogP contribution < -0.4 is 0 Å². The van der Waals surface area contributed by atoms with Crippen molar-refractivity contribution in [1.82, 2.24) is 0 Å².